The number of rotatable bonds is 8. The van der Waals surface area contributed by atoms with Gasteiger partial charge in [0.15, 0.2) is 0 Å². The maximum atomic E-state index is 8.68. The summed E-state index contributed by atoms with van der Waals surface area (Å²) < 4.78 is 50.9. The first-order chi connectivity index (χ1) is 34.9. The first-order valence-electron chi connectivity index (χ1n) is 25.5. The molecule has 0 radical (unpaired) electrons. The Hall–Kier alpha value is -7.20. The Kier molecular flexibility index (Phi) is 10.4. The zero-order chi connectivity index (χ0) is 51.1. The number of aryl methyl sites for hydroxylation is 1. The van der Waals surface area contributed by atoms with Gasteiger partial charge in [0.2, 0.25) is 0 Å². The van der Waals surface area contributed by atoms with Crippen LogP contribution in [0.25, 0.3) is 61.0 Å². The van der Waals surface area contributed by atoms with Crippen LogP contribution < -0.4 is 14.5 Å². The van der Waals surface area contributed by atoms with Gasteiger partial charge in [0, 0.05) is 66.9 Å². The van der Waals surface area contributed by atoms with E-state index in [0.29, 0.717) is 28.4 Å². The third-order valence-corrected chi connectivity index (χ3v) is 12.8. The summed E-state index contributed by atoms with van der Waals surface area (Å²) in [6, 6.07) is 58.0. The fraction of sp³-hybridized carbons (Fsp3) is 0.143. The Morgan fingerprint density at radius 2 is 1.22 bits per heavy atom. The smallest absolute Gasteiger partial charge is 0.135 e. The van der Waals surface area contributed by atoms with Crippen molar-refractivity contribution in [3.05, 3.63) is 224 Å². The molecule has 8 aromatic carbocycles. The molecule has 344 valence electrons. The average Bonchev–Trinajstić information content (AvgIpc) is 3.94. The molecule has 0 aliphatic carbocycles. The molecule has 0 N–H and O–H groups in total. The minimum atomic E-state index is -0.435. The predicted molar refractivity (Wildman–Crippen MR) is 283 cm³/mol. The fourth-order valence-corrected chi connectivity index (χ4v) is 9.08. The van der Waals surface area contributed by atoms with Crippen molar-refractivity contribution in [1.82, 2.24) is 9.55 Å². The van der Waals surface area contributed by atoms with Crippen molar-refractivity contribution in [3.63, 3.8) is 0 Å². The number of aromatic nitrogens is 2. The van der Waals surface area contributed by atoms with Crippen molar-refractivity contribution in [2.75, 3.05) is 9.80 Å². The Morgan fingerprint density at radius 3 is 1.88 bits per heavy atom. The van der Waals surface area contributed by atoms with E-state index in [4.69, 9.17) is 16.6 Å². The average molecular weight is 1080 g/mol. The number of pyridine rings is 1. The van der Waals surface area contributed by atoms with Crippen molar-refractivity contribution in [1.29, 1.82) is 0 Å². The zero-order valence-corrected chi connectivity index (χ0v) is 41.9. The van der Waals surface area contributed by atoms with Crippen molar-refractivity contribution in [2.45, 2.75) is 59.3 Å². The molecule has 2 aromatic heterocycles. The van der Waals surface area contributed by atoms with Crippen LogP contribution >= 0.6 is 0 Å². The molecule has 5 nitrogen and oxygen atoms in total. The molecule has 1 aliphatic heterocycles. The van der Waals surface area contributed by atoms with E-state index in [0.717, 1.165) is 66.8 Å². The molecular weight excluding hydrogens is 1020 g/mol. The molecule has 0 unspecified atom stereocenters. The molecule has 6 heteroatoms. The predicted octanol–water partition coefficient (Wildman–Crippen LogP) is 16.9. The van der Waals surface area contributed by atoms with Gasteiger partial charge in [-0.05, 0) is 104 Å². The van der Waals surface area contributed by atoms with Crippen LogP contribution in [-0.2, 0) is 31.9 Å². The third kappa shape index (κ3) is 8.77. The molecule has 69 heavy (non-hydrogen) atoms. The van der Waals surface area contributed by atoms with Gasteiger partial charge in [-0.3, -0.25) is 0 Å². The molecule has 0 saturated heterocycles. The molecule has 1 aliphatic rings. The summed E-state index contributed by atoms with van der Waals surface area (Å²) in [7, 11) is 0. The van der Waals surface area contributed by atoms with E-state index in [-0.39, 0.29) is 61.6 Å². The summed E-state index contributed by atoms with van der Waals surface area (Å²) in [4.78, 5) is 9.40. The standard InChI is InChI=1S/C63H53N4O.Pt/c1-42-32-61(64-40-56(42)45-22-15-10-16-23-45)67-57-30-26-46(43-18-11-8-12-19-43)33-55(57)54-29-28-53(39-59(54)67)68-52-25-17-24-50(38-52)65-41-66(51-36-48(62(2,3)4)35-49(37-51)63(5,6)7)58-31-27-47(34-60(58)65)44-20-13-9-14-21-44;/h8-37,40-41H,1-7H3;/q-3;/i10D,15D,16D,22D,23D;. The zero-order valence-electron chi connectivity index (χ0n) is 44.6. The maximum absolute atomic E-state index is 8.68. The van der Waals surface area contributed by atoms with Gasteiger partial charge < -0.3 is 19.1 Å². The number of hydrogen-bond donors (Lipinski definition) is 0. The molecule has 10 aromatic rings. The number of benzene rings is 8. The van der Waals surface area contributed by atoms with E-state index < -0.39 is 6.04 Å². The van der Waals surface area contributed by atoms with E-state index in [2.05, 4.69) is 173 Å². The Balaban J connectivity index is 0.00000626. The third-order valence-electron chi connectivity index (χ3n) is 12.8. The Bertz CT molecular complexity index is 3750. The second kappa shape index (κ2) is 18.0. The van der Waals surface area contributed by atoms with Crippen LogP contribution in [0.3, 0.4) is 0 Å². The van der Waals surface area contributed by atoms with Crippen molar-refractivity contribution < 1.29 is 32.7 Å². The monoisotopic (exact) mass is 1080 g/mol. The topological polar surface area (TPSA) is 33.5 Å². The molecule has 0 fully saturated rings. The number of hydrogen-bond acceptors (Lipinski definition) is 4. The SMILES string of the molecule is [2H]c1c([2H])c([2H])c(-c2cnc(-n3c4[c-]c(Oc5[c-]c(N6[CH-]N(c7cc(C(C)(C)C)cc(C(C)(C)C)c7)c7ccc(-c8ccccc8)cc76)ccc5)ccc4c4cc(-c5ccccc5)ccc43)cc2C)c([2H])c1[2H].[Pt]. The van der Waals surface area contributed by atoms with E-state index in [1.54, 1.807) is 6.20 Å². The number of nitrogens with zero attached hydrogens (tertiary/aromatic N) is 4. The van der Waals surface area contributed by atoms with Gasteiger partial charge in [0.1, 0.15) is 5.82 Å². The molecule has 11 rings (SSSR count). The minimum absolute atomic E-state index is 0. The van der Waals surface area contributed by atoms with Crippen LogP contribution in [0.2, 0.25) is 0 Å². The van der Waals surface area contributed by atoms with Crippen LogP contribution in [-0.4, -0.2) is 9.55 Å². The van der Waals surface area contributed by atoms with Crippen LogP contribution in [0.15, 0.2) is 188 Å². The molecule has 0 saturated carbocycles. The molecule has 0 spiro atoms. The van der Waals surface area contributed by atoms with E-state index in [1.165, 1.54) is 11.1 Å². The van der Waals surface area contributed by atoms with Gasteiger partial charge in [0.25, 0.3) is 0 Å². The number of ether oxygens (including phenoxy) is 1. The van der Waals surface area contributed by atoms with E-state index in [9.17, 15) is 0 Å². The fourth-order valence-electron chi connectivity index (χ4n) is 9.08. The summed E-state index contributed by atoms with van der Waals surface area (Å²) in [5.41, 5.74) is 13.6. The minimum Gasteiger partial charge on any atom is -0.509 e. The van der Waals surface area contributed by atoms with Gasteiger partial charge >= 0.3 is 0 Å². The van der Waals surface area contributed by atoms with Gasteiger partial charge in [-0.15, -0.1) is 48.1 Å². The molecule has 0 bridgehead atoms. The van der Waals surface area contributed by atoms with Crippen LogP contribution in [0.5, 0.6) is 11.5 Å². The first-order valence-corrected chi connectivity index (χ1v) is 23.0. The normalized spacial score (nSPS) is 13.6. The summed E-state index contributed by atoms with van der Waals surface area (Å²) in [6.45, 7) is 17.6. The molecule has 0 atom stereocenters. The maximum Gasteiger partial charge on any atom is 0.135 e. The second-order valence-electron chi connectivity index (χ2n) is 19.6. The van der Waals surface area contributed by atoms with Crippen molar-refractivity contribution >= 4 is 44.6 Å². The number of anilines is 4. The Labute approximate surface area is 428 Å². The first kappa shape index (κ1) is 39.8. The van der Waals surface area contributed by atoms with Gasteiger partial charge in [-0.2, -0.15) is 12.1 Å². The van der Waals surface area contributed by atoms with Crippen LogP contribution in [0.4, 0.5) is 22.7 Å². The van der Waals surface area contributed by atoms with Crippen LogP contribution in [0, 0.1) is 25.7 Å². The Morgan fingerprint density at radius 1 is 0.565 bits per heavy atom. The van der Waals surface area contributed by atoms with E-state index in [1.807, 2.05) is 60.0 Å². The van der Waals surface area contributed by atoms with E-state index >= 15 is 0 Å². The summed E-state index contributed by atoms with van der Waals surface area (Å²) in [5.74, 6) is 1.57. The quantitative estimate of drug-likeness (QED) is 0.142. The summed E-state index contributed by atoms with van der Waals surface area (Å²) >= 11 is 0. The van der Waals surface area contributed by atoms with Gasteiger partial charge in [-0.1, -0.05) is 162 Å². The van der Waals surface area contributed by atoms with Gasteiger partial charge in [0.05, 0.1) is 6.85 Å². The summed E-state index contributed by atoms with van der Waals surface area (Å²) in [6.07, 6.45) is 1.59. The van der Waals surface area contributed by atoms with Crippen molar-refractivity contribution in [2.24, 2.45) is 0 Å². The van der Waals surface area contributed by atoms with Crippen molar-refractivity contribution in [3.8, 4) is 50.7 Å². The van der Waals surface area contributed by atoms with Crippen LogP contribution in [0.1, 0.15) is 65.1 Å². The number of fused-ring (bicyclic) bond motifs is 4. The molecule has 0 amide bonds. The second-order valence-corrected chi connectivity index (χ2v) is 19.6. The molecule has 3 heterocycles. The largest absolute Gasteiger partial charge is 0.509 e. The molecular formula is C63H53N4OPt-3. The summed E-state index contributed by atoms with van der Waals surface area (Å²) in [5, 5.41) is 1.93. The van der Waals surface area contributed by atoms with Gasteiger partial charge in [-0.25, -0.2) is 4.98 Å².